The van der Waals surface area contributed by atoms with Crippen LogP contribution in [0.3, 0.4) is 0 Å². The Kier molecular flexibility index (Phi) is 7.38. The fourth-order valence-electron chi connectivity index (χ4n) is 4.24. The zero-order valence-corrected chi connectivity index (χ0v) is 17.9. The summed E-state index contributed by atoms with van der Waals surface area (Å²) in [5, 5.41) is 0. The number of allylic oxidation sites excluding steroid dienone is 2. The van der Waals surface area contributed by atoms with Crippen molar-refractivity contribution >= 4 is 0 Å². The molecule has 0 amide bonds. The molecule has 0 N–H and O–H groups in total. The van der Waals surface area contributed by atoms with Gasteiger partial charge in [-0.3, -0.25) is 0 Å². The van der Waals surface area contributed by atoms with Gasteiger partial charge in [0.05, 0.1) is 17.2 Å². The van der Waals surface area contributed by atoms with Gasteiger partial charge in [0.2, 0.25) is 0 Å². The first kappa shape index (κ1) is 24.4. The largest absolute Gasteiger partial charge is 0.419 e. The topological polar surface area (TPSA) is 9.23 Å². The second kappa shape index (κ2) is 9.69. The van der Waals surface area contributed by atoms with Crippen LogP contribution in [0.15, 0.2) is 54.6 Å². The molecule has 2 aromatic rings. The highest BCUT2D eigenvalue weighted by Crippen LogP contribution is 2.40. The van der Waals surface area contributed by atoms with Gasteiger partial charge < -0.3 is 4.74 Å². The van der Waals surface area contributed by atoms with Crippen molar-refractivity contribution in [2.45, 2.75) is 63.8 Å². The van der Waals surface area contributed by atoms with Crippen molar-refractivity contribution in [3.63, 3.8) is 0 Å². The third-order valence-electron chi connectivity index (χ3n) is 6.05. The van der Waals surface area contributed by atoms with Gasteiger partial charge in [-0.05, 0) is 74.6 Å². The molecule has 0 saturated heterocycles. The molecule has 1 saturated carbocycles. The SMILES string of the molecule is C/C=C/C1CCC(c2ccc(C(F)(F)OC(C)c3ccc(C(F)(F)F)c(F)c3)cc2)CC1. The van der Waals surface area contributed by atoms with Gasteiger partial charge in [-0.15, -0.1) is 0 Å². The zero-order valence-electron chi connectivity index (χ0n) is 17.9. The van der Waals surface area contributed by atoms with Gasteiger partial charge in [-0.1, -0.05) is 42.5 Å². The van der Waals surface area contributed by atoms with Crippen molar-refractivity contribution in [1.82, 2.24) is 0 Å². The summed E-state index contributed by atoms with van der Waals surface area (Å²) in [7, 11) is 0. The Labute approximate surface area is 184 Å². The highest BCUT2D eigenvalue weighted by Gasteiger charge is 2.37. The van der Waals surface area contributed by atoms with Crippen LogP contribution in [0.4, 0.5) is 26.3 Å². The smallest absolute Gasteiger partial charge is 0.309 e. The fraction of sp³-hybridized carbons (Fsp3) is 0.440. The van der Waals surface area contributed by atoms with Crippen LogP contribution in [-0.2, 0) is 17.0 Å². The maximum absolute atomic E-state index is 14.7. The normalized spacial score (nSPS) is 21.1. The predicted octanol–water partition coefficient (Wildman–Crippen LogP) is 8.52. The minimum atomic E-state index is -4.86. The predicted molar refractivity (Wildman–Crippen MR) is 111 cm³/mol. The molecule has 1 atom stereocenters. The summed E-state index contributed by atoms with van der Waals surface area (Å²) in [6.07, 6.45) is -1.46. The first-order valence-corrected chi connectivity index (χ1v) is 10.7. The van der Waals surface area contributed by atoms with Crippen molar-refractivity contribution in [2.24, 2.45) is 5.92 Å². The molecule has 1 aliphatic carbocycles. The second-order valence-corrected chi connectivity index (χ2v) is 8.27. The molecule has 0 aliphatic heterocycles. The van der Waals surface area contributed by atoms with Crippen LogP contribution in [-0.4, -0.2) is 0 Å². The van der Waals surface area contributed by atoms with Crippen LogP contribution in [0.2, 0.25) is 0 Å². The van der Waals surface area contributed by atoms with Gasteiger partial charge in [0.15, 0.2) is 0 Å². The highest BCUT2D eigenvalue weighted by molar-refractivity contribution is 5.29. The molecular weight excluding hydrogens is 430 g/mol. The molecule has 0 spiro atoms. The molecule has 3 rings (SSSR count). The van der Waals surface area contributed by atoms with E-state index in [1.165, 1.54) is 19.1 Å². The van der Waals surface area contributed by atoms with E-state index >= 15 is 0 Å². The number of benzene rings is 2. The van der Waals surface area contributed by atoms with Gasteiger partial charge in [0.1, 0.15) is 5.82 Å². The Hall–Kier alpha value is -2.28. The van der Waals surface area contributed by atoms with Gasteiger partial charge in [-0.2, -0.15) is 22.0 Å². The minimum absolute atomic E-state index is 0.107. The van der Waals surface area contributed by atoms with Crippen LogP contribution in [0, 0.1) is 11.7 Å². The van der Waals surface area contributed by atoms with E-state index in [0.29, 0.717) is 24.0 Å². The van der Waals surface area contributed by atoms with E-state index in [4.69, 9.17) is 4.74 Å². The Morgan fingerprint density at radius 2 is 1.56 bits per heavy atom. The molecule has 7 heteroatoms. The van der Waals surface area contributed by atoms with E-state index in [1.807, 2.05) is 6.92 Å². The minimum Gasteiger partial charge on any atom is -0.309 e. The third kappa shape index (κ3) is 5.74. The lowest BCUT2D eigenvalue weighted by Crippen LogP contribution is -2.21. The van der Waals surface area contributed by atoms with Crippen LogP contribution in [0.5, 0.6) is 0 Å². The molecule has 1 nitrogen and oxygen atoms in total. The number of ether oxygens (including phenoxy) is 1. The second-order valence-electron chi connectivity index (χ2n) is 8.27. The number of halogens is 6. The summed E-state index contributed by atoms with van der Waals surface area (Å²) in [5.41, 5.74) is -0.912. The average molecular weight is 456 g/mol. The number of hydrogen-bond donors (Lipinski definition) is 0. The summed E-state index contributed by atoms with van der Waals surface area (Å²) in [5.74, 6) is -0.624. The van der Waals surface area contributed by atoms with Crippen LogP contribution < -0.4 is 0 Å². The van der Waals surface area contributed by atoms with Crippen molar-refractivity contribution in [3.05, 3.63) is 82.7 Å². The molecule has 1 fully saturated rings. The average Bonchev–Trinajstić information content (AvgIpc) is 2.73. The summed E-state index contributed by atoms with van der Waals surface area (Å²) in [4.78, 5) is 0. The summed E-state index contributed by atoms with van der Waals surface area (Å²) in [6.45, 7) is 3.25. The maximum Gasteiger partial charge on any atom is 0.419 e. The van der Waals surface area contributed by atoms with E-state index in [1.54, 1.807) is 12.1 Å². The number of hydrogen-bond acceptors (Lipinski definition) is 1. The molecule has 0 radical (unpaired) electrons. The summed E-state index contributed by atoms with van der Waals surface area (Å²) < 4.78 is 86.0. The molecule has 0 heterocycles. The molecular formula is C25H26F6O. The molecule has 174 valence electrons. The zero-order chi connectivity index (χ0) is 23.5. The van der Waals surface area contributed by atoms with Gasteiger partial charge in [0.25, 0.3) is 0 Å². The molecule has 1 unspecified atom stereocenters. The van der Waals surface area contributed by atoms with Crippen molar-refractivity contribution in [2.75, 3.05) is 0 Å². The molecule has 0 bridgehead atoms. The van der Waals surface area contributed by atoms with Crippen molar-refractivity contribution < 1.29 is 31.1 Å². The monoisotopic (exact) mass is 456 g/mol. The van der Waals surface area contributed by atoms with Gasteiger partial charge >= 0.3 is 12.3 Å². The fourth-order valence-corrected chi connectivity index (χ4v) is 4.24. The van der Waals surface area contributed by atoms with Crippen molar-refractivity contribution in [3.8, 4) is 0 Å². The van der Waals surface area contributed by atoms with E-state index in [0.717, 1.165) is 37.3 Å². The molecule has 2 aromatic carbocycles. The van der Waals surface area contributed by atoms with Crippen LogP contribution in [0.25, 0.3) is 0 Å². The summed E-state index contributed by atoms with van der Waals surface area (Å²) in [6, 6.07) is 8.03. The Morgan fingerprint density at radius 1 is 0.938 bits per heavy atom. The Morgan fingerprint density at radius 3 is 2.09 bits per heavy atom. The van der Waals surface area contributed by atoms with E-state index < -0.39 is 29.8 Å². The van der Waals surface area contributed by atoms with Crippen LogP contribution >= 0.6 is 0 Å². The number of alkyl halides is 5. The van der Waals surface area contributed by atoms with Crippen molar-refractivity contribution in [1.29, 1.82) is 0 Å². The lowest BCUT2D eigenvalue weighted by Gasteiger charge is -2.27. The van der Waals surface area contributed by atoms with E-state index in [9.17, 15) is 26.3 Å². The first-order valence-electron chi connectivity index (χ1n) is 10.7. The lowest BCUT2D eigenvalue weighted by molar-refractivity contribution is -0.272. The number of rotatable bonds is 6. The first-order chi connectivity index (χ1) is 15.0. The highest BCUT2D eigenvalue weighted by atomic mass is 19.4. The Bertz CT molecular complexity index is 924. The molecule has 32 heavy (non-hydrogen) atoms. The maximum atomic E-state index is 14.7. The van der Waals surface area contributed by atoms with Crippen LogP contribution in [0.1, 0.15) is 73.8 Å². The van der Waals surface area contributed by atoms with E-state index in [2.05, 4.69) is 12.2 Å². The summed E-state index contributed by atoms with van der Waals surface area (Å²) >= 11 is 0. The van der Waals surface area contributed by atoms with Gasteiger partial charge in [-0.25, -0.2) is 4.39 Å². The Balaban J connectivity index is 1.67. The lowest BCUT2D eigenvalue weighted by atomic mass is 9.78. The third-order valence-corrected chi connectivity index (χ3v) is 6.05. The van der Waals surface area contributed by atoms with E-state index in [-0.39, 0.29) is 11.1 Å². The molecule has 0 aromatic heterocycles. The molecule has 1 aliphatic rings. The van der Waals surface area contributed by atoms with Gasteiger partial charge in [0, 0.05) is 0 Å². The standard InChI is InChI=1S/C25H26F6O/c1-3-4-17-5-7-18(8-6-17)19-9-12-21(13-10-19)25(30,31)32-16(2)20-11-14-22(23(26)15-20)24(27,28)29/h3-4,9-18H,5-8H2,1-2H3/b4-3+. The quantitative estimate of drug-likeness (QED) is 0.313.